The van der Waals surface area contributed by atoms with Gasteiger partial charge in [0.25, 0.3) is 5.56 Å². The lowest BCUT2D eigenvalue weighted by atomic mass is 10.1. The average molecular weight is 505 g/mol. The van der Waals surface area contributed by atoms with Crippen molar-refractivity contribution < 1.29 is 9.53 Å². The van der Waals surface area contributed by atoms with E-state index in [2.05, 4.69) is 10.8 Å². The maximum absolute atomic E-state index is 13.7. The molecule has 37 heavy (non-hydrogen) atoms. The Balaban J connectivity index is 1.81. The number of nitrogens with zero attached hydrogens (tertiary/aromatic N) is 5. The molecule has 10 heteroatoms. The normalized spacial score (nSPS) is 15.4. The number of terminal acetylenes is 1. The average Bonchev–Trinajstić information content (AvgIpc) is 3.27. The molecule has 194 valence electrons. The third kappa shape index (κ3) is 5.37. The van der Waals surface area contributed by atoms with Crippen LogP contribution >= 0.6 is 0 Å². The van der Waals surface area contributed by atoms with Crippen LogP contribution in [0.5, 0.6) is 5.75 Å². The zero-order chi connectivity index (χ0) is 26.7. The van der Waals surface area contributed by atoms with Crippen molar-refractivity contribution in [3.05, 3.63) is 62.3 Å². The number of allylic oxidation sites excluding steroid dienone is 2. The highest BCUT2D eigenvalue weighted by atomic mass is 16.5. The SMILES string of the molecule is C#CCOc1cccc(C(=O)Cn2c(=O)c3c(nc(N4CCCC(N)C4)n3CC=C(C)C)n(C)c2=O)c1. The molecule has 0 amide bonds. The first-order chi connectivity index (χ1) is 17.7. The Kier molecular flexibility index (Phi) is 7.64. The molecule has 0 aliphatic carbocycles. The second-order valence-corrected chi connectivity index (χ2v) is 9.50. The number of carbonyl (C=O) groups is 1. The summed E-state index contributed by atoms with van der Waals surface area (Å²) < 4.78 is 9.50. The fourth-order valence-corrected chi connectivity index (χ4v) is 4.50. The van der Waals surface area contributed by atoms with E-state index in [0.717, 1.165) is 29.5 Å². The maximum atomic E-state index is 13.7. The molecule has 1 aliphatic rings. The Labute approximate surface area is 215 Å². The maximum Gasteiger partial charge on any atom is 0.332 e. The molecule has 4 rings (SSSR count). The number of imidazole rings is 1. The van der Waals surface area contributed by atoms with Crippen LogP contribution in [0.3, 0.4) is 0 Å². The van der Waals surface area contributed by atoms with Gasteiger partial charge in [-0.25, -0.2) is 4.79 Å². The summed E-state index contributed by atoms with van der Waals surface area (Å²) >= 11 is 0. The first-order valence-electron chi connectivity index (χ1n) is 12.2. The van der Waals surface area contributed by atoms with Crippen LogP contribution in [0, 0.1) is 12.3 Å². The van der Waals surface area contributed by atoms with Gasteiger partial charge in [-0.15, -0.1) is 6.42 Å². The van der Waals surface area contributed by atoms with Crippen LogP contribution in [0.4, 0.5) is 5.95 Å². The number of hydrogen-bond donors (Lipinski definition) is 1. The molecule has 1 unspecified atom stereocenters. The Morgan fingerprint density at radius 2 is 2.08 bits per heavy atom. The first-order valence-corrected chi connectivity index (χ1v) is 12.2. The van der Waals surface area contributed by atoms with Crippen LogP contribution < -0.4 is 26.6 Å². The van der Waals surface area contributed by atoms with E-state index < -0.39 is 23.6 Å². The van der Waals surface area contributed by atoms with Crippen LogP contribution in [-0.2, 0) is 20.1 Å². The smallest absolute Gasteiger partial charge is 0.332 e. The van der Waals surface area contributed by atoms with Crippen LogP contribution in [0.2, 0.25) is 0 Å². The number of Topliss-reactive ketones (excluding diaryl/α,β-unsaturated/α-hetero) is 1. The predicted octanol–water partition coefficient (Wildman–Crippen LogP) is 1.69. The molecule has 3 aromatic rings. The molecule has 1 aromatic carbocycles. The van der Waals surface area contributed by atoms with E-state index in [-0.39, 0.29) is 23.8 Å². The van der Waals surface area contributed by atoms with Crippen molar-refractivity contribution in [1.29, 1.82) is 0 Å². The fraction of sp³-hybridized carbons (Fsp3) is 0.407. The van der Waals surface area contributed by atoms with Gasteiger partial charge in [0.2, 0.25) is 5.95 Å². The second-order valence-electron chi connectivity index (χ2n) is 9.50. The van der Waals surface area contributed by atoms with Gasteiger partial charge in [-0.1, -0.05) is 29.7 Å². The first kappa shape index (κ1) is 26.0. The summed E-state index contributed by atoms with van der Waals surface area (Å²) in [5.74, 6) is 3.00. The number of ether oxygens (including phenoxy) is 1. The number of ketones is 1. The highest BCUT2D eigenvalue weighted by Gasteiger charge is 2.26. The molecule has 1 aliphatic heterocycles. The molecule has 0 saturated carbocycles. The van der Waals surface area contributed by atoms with Gasteiger partial charge in [0.1, 0.15) is 12.4 Å². The lowest BCUT2D eigenvalue weighted by Gasteiger charge is -2.31. The lowest BCUT2D eigenvalue weighted by molar-refractivity contribution is 0.0968. The van der Waals surface area contributed by atoms with Gasteiger partial charge in [-0.3, -0.25) is 18.7 Å². The van der Waals surface area contributed by atoms with Gasteiger partial charge in [0, 0.05) is 38.3 Å². The van der Waals surface area contributed by atoms with Crippen molar-refractivity contribution in [2.75, 3.05) is 24.6 Å². The largest absolute Gasteiger partial charge is 0.481 e. The molecule has 2 N–H and O–H groups in total. The highest BCUT2D eigenvalue weighted by molar-refractivity contribution is 5.96. The third-order valence-electron chi connectivity index (χ3n) is 6.42. The number of anilines is 1. The summed E-state index contributed by atoms with van der Waals surface area (Å²) in [5, 5.41) is 0. The van der Waals surface area contributed by atoms with Gasteiger partial charge in [0.05, 0.1) is 6.54 Å². The molecular formula is C27H32N6O4. The van der Waals surface area contributed by atoms with Crippen molar-refractivity contribution in [3.63, 3.8) is 0 Å². The number of piperidine rings is 1. The number of nitrogens with two attached hydrogens (primary N) is 1. The van der Waals surface area contributed by atoms with Gasteiger partial charge in [-0.05, 0) is 38.8 Å². The number of carbonyl (C=O) groups excluding carboxylic acids is 1. The van der Waals surface area contributed by atoms with E-state index >= 15 is 0 Å². The molecule has 0 spiro atoms. The van der Waals surface area contributed by atoms with Gasteiger partial charge in [-0.2, -0.15) is 4.98 Å². The molecule has 0 bridgehead atoms. The van der Waals surface area contributed by atoms with E-state index in [1.165, 1.54) is 4.57 Å². The molecular weight excluding hydrogens is 472 g/mol. The Hall–Kier alpha value is -4.10. The number of rotatable bonds is 8. The zero-order valence-corrected chi connectivity index (χ0v) is 21.4. The highest BCUT2D eigenvalue weighted by Crippen LogP contribution is 2.23. The molecule has 3 heterocycles. The Morgan fingerprint density at radius 3 is 2.78 bits per heavy atom. The minimum absolute atomic E-state index is 0.00365. The standard InChI is InChI=1S/C27H32N6O4/c1-5-14-37-21-10-6-8-19(15-21)22(34)17-33-25(35)23-24(30(4)27(33)36)29-26(32(23)13-11-18(2)3)31-12-7-9-20(28)16-31/h1,6,8,10-11,15,20H,7,9,12-14,16-17,28H2,2-4H3. The van der Waals surface area contributed by atoms with Gasteiger partial charge < -0.3 is 19.9 Å². The van der Waals surface area contributed by atoms with E-state index in [0.29, 0.717) is 30.4 Å². The van der Waals surface area contributed by atoms with E-state index in [1.807, 2.05) is 24.5 Å². The van der Waals surface area contributed by atoms with Crippen molar-refractivity contribution in [2.24, 2.45) is 12.8 Å². The Morgan fingerprint density at radius 1 is 1.30 bits per heavy atom. The van der Waals surface area contributed by atoms with Crippen molar-refractivity contribution >= 4 is 22.9 Å². The van der Waals surface area contributed by atoms with Crippen LogP contribution in [0.25, 0.3) is 11.2 Å². The molecule has 1 fully saturated rings. The van der Waals surface area contributed by atoms with Crippen molar-refractivity contribution in [1.82, 2.24) is 18.7 Å². The minimum atomic E-state index is -0.612. The fourth-order valence-electron chi connectivity index (χ4n) is 4.50. The Bertz CT molecular complexity index is 1520. The summed E-state index contributed by atoms with van der Waals surface area (Å²) in [5.41, 5.74) is 6.98. The minimum Gasteiger partial charge on any atom is -0.481 e. The number of hydrogen-bond acceptors (Lipinski definition) is 7. The van der Waals surface area contributed by atoms with Crippen molar-refractivity contribution in [3.8, 4) is 18.1 Å². The number of aryl methyl sites for hydroxylation is 1. The summed E-state index contributed by atoms with van der Waals surface area (Å²) in [6, 6.07) is 6.50. The molecule has 2 aromatic heterocycles. The predicted molar refractivity (Wildman–Crippen MR) is 143 cm³/mol. The van der Waals surface area contributed by atoms with Crippen LogP contribution in [0.1, 0.15) is 37.0 Å². The summed E-state index contributed by atoms with van der Waals surface area (Å²) in [4.78, 5) is 46.9. The molecule has 10 nitrogen and oxygen atoms in total. The van der Waals surface area contributed by atoms with Crippen molar-refractivity contribution in [2.45, 2.75) is 45.8 Å². The monoisotopic (exact) mass is 504 g/mol. The van der Waals surface area contributed by atoms with Crippen LogP contribution in [0.15, 0.2) is 45.5 Å². The van der Waals surface area contributed by atoms with Crippen LogP contribution in [-0.4, -0.2) is 50.2 Å². The van der Waals surface area contributed by atoms with E-state index in [9.17, 15) is 14.4 Å². The topological polar surface area (TPSA) is 117 Å². The lowest BCUT2D eigenvalue weighted by Crippen LogP contribution is -2.44. The van der Waals surface area contributed by atoms with Gasteiger partial charge >= 0.3 is 5.69 Å². The molecule has 1 saturated heterocycles. The summed E-state index contributed by atoms with van der Waals surface area (Å²) in [7, 11) is 1.56. The van der Waals surface area contributed by atoms with E-state index in [1.54, 1.807) is 31.3 Å². The number of fused-ring (bicyclic) bond motifs is 1. The van der Waals surface area contributed by atoms with E-state index in [4.69, 9.17) is 21.9 Å². The third-order valence-corrected chi connectivity index (χ3v) is 6.42. The zero-order valence-electron chi connectivity index (χ0n) is 21.4. The number of aromatic nitrogens is 4. The molecule has 0 radical (unpaired) electrons. The quantitative estimate of drug-likeness (QED) is 0.282. The second kappa shape index (κ2) is 10.9. The van der Waals surface area contributed by atoms with Gasteiger partial charge in [0.15, 0.2) is 16.9 Å². The molecule has 1 atom stereocenters. The number of benzene rings is 1. The summed E-state index contributed by atoms with van der Waals surface area (Å²) in [6.07, 6.45) is 9.07. The summed E-state index contributed by atoms with van der Waals surface area (Å²) in [6.45, 7) is 5.36.